The molecule has 3 heterocycles. The van der Waals surface area contributed by atoms with Gasteiger partial charge in [0.25, 0.3) is 11.8 Å². The average molecular weight is 506 g/mol. The standard InChI is InChI=1S/C19H21N3O8S2.Na/c1-10(23)30-8-11-9-32-18-19(16(27)21(2)29-3,17(28)22(18)14(11)15(25)26)20-13(24)7-12-5-4-6-31-12;/h4-6,18H,7-9H2,1-3H3,(H,20,24)(H,25,26);/q;+1/p-1/t18-,19-;/m1./s1. The molecule has 0 saturated carbocycles. The number of carboxylic acids is 1. The Morgan fingerprint density at radius 2 is 2.06 bits per heavy atom. The smallest absolute Gasteiger partial charge is 0.543 e. The fourth-order valence-corrected chi connectivity index (χ4v) is 5.58. The summed E-state index contributed by atoms with van der Waals surface area (Å²) < 4.78 is 4.88. The Morgan fingerprint density at radius 1 is 1.36 bits per heavy atom. The minimum absolute atomic E-state index is 0. The van der Waals surface area contributed by atoms with Crippen molar-refractivity contribution in [2.75, 3.05) is 26.5 Å². The number of nitrogens with zero attached hydrogens (tertiary/aromatic N) is 2. The van der Waals surface area contributed by atoms with E-state index in [1.807, 2.05) is 0 Å². The van der Waals surface area contributed by atoms with E-state index >= 15 is 0 Å². The molecule has 3 rings (SSSR count). The van der Waals surface area contributed by atoms with Gasteiger partial charge in [-0.2, -0.15) is 0 Å². The Kier molecular flexibility index (Phi) is 9.13. The summed E-state index contributed by atoms with van der Waals surface area (Å²) in [4.78, 5) is 68.6. The topological polar surface area (TPSA) is 145 Å². The van der Waals surface area contributed by atoms with E-state index in [0.29, 0.717) is 0 Å². The number of fused-ring (bicyclic) bond motifs is 1. The van der Waals surface area contributed by atoms with Crippen molar-refractivity contribution in [2.24, 2.45) is 0 Å². The van der Waals surface area contributed by atoms with Crippen LogP contribution in [0.3, 0.4) is 0 Å². The van der Waals surface area contributed by atoms with Gasteiger partial charge in [-0.05, 0) is 11.4 Å². The molecule has 11 nitrogen and oxygen atoms in total. The number of esters is 1. The molecule has 1 aromatic heterocycles. The normalized spacial score (nSPS) is 21.4. The van der Waals surface area contributed by atoms with E-state index in [-0.39, 0.29) is 53.9 Å². The van der Waals surface area contributed by atoms with Gasteiger partial charge in [0.15, 0.2) is 0 Å². The molecule has 2 aliphatic rings. The zero-order chi connectivity index (χ0) is 23.6. The zero-order valence-electron chi connectivity index (χ0n) is 18.4. The summed E-state index contributed by atoms with van der Waals surface area (Å²) in [5.41, 5.74) is -2.38. The van der Waals surface area contributed by atoms with E-state index < -0.39 is 46.3 Å². The van der Waals surface area contributed by atoms with Crippen molar-refractivity contribution in [3.05, 3.63) is 33.7 Å². The first kappa shape index (κ1) is 27.3. The third-order valence-electron chi connectivity index (χ3n) is 4.94. The maximum atomic E-state index is 13.3. The molecule has 0 aromatic carbocycles. The molecule has 2 atom stereocenters. The monoisotopic (exact) mass is 505 g/mol. The summed E-state index contributed by atoms with van der Waals surface area (Å²) >= 11 is 2.40. The number of aliphatic carboxylic acids is 1. The third kappa shape index (κ3) is 5.12. The number of carbonyl (C=O) groups is 5. The number of hydrogen-bond acceptors (Lipinski definition) is 10. The van der Waals surface area contributed by atoms with E-state index in [0.717, 1.165) is 26.6 Å². The second kappa shape index (κ2) is 11.0. The van der Waals surface area contributed by atoms with Crippen LogP contribution in [0, 0.1) is 0 Å². The van der Waals surface area contributed by atoms with E-state index in [4.69, 9.17) is 9.57 Å². The van der Waals surface area contributed by atoms with Crippen LogP contribution in [0.2, 0.25) is 0 Å². The van der Waals surface area contributed by atoms with Crippen LogP contribution in [0.15, 0.2) is 28.8 Å². The van der Waals surface area contributed by atoms with Crippen LogP contribution in [0.5, 0.6) is 0 Å². The molecule has 0 unspecified atom stereocenters. The molecule has 1 N–H and O–H groups in total. The van der Waals surface area contributed by atoms with Crippen molar-refractivity contribution < 1.29 is 68.2 Å². The van der Waals surface area contributed by atoms with Gasteiger partial charge < -0.3 is 20.0 Å². The Bertz CT molecular complexity index is 999. The van der Waals surface area contributed by atoms with Gasteiger partial charge in [-0.1, -0.05) is 6.07 Å². The van der Waals surface area contributed by atoms with Crippen LogP contribution in [0.4, 0.5) is 0 Å². The predicted octanol–water partition coefficient (Wildman–Crippen LogP) is -4.35. The van der Waals surface area contributed by atoms with Gasteiger partial charge in [0.2, 0.25) is 11.4 Å². The quantitative estimate of drug-likeness (QED) is 0.122. The van der Waals surface area contributed by atoms with Crippen molar-refractivity contribution >= 4 is 52.8 Å². The summed E-state index contributed by atoms with van der Waals surface area (Å²) in [7, 11) is 2.50. The third-order valence-corrected chi connectivity index (χ3v) is 7.22. The summed E-state index contributed by atoms with van der Waals surface area (Å²) in [6.45, 7) is 0.825. The second-order valence-corrected chi connectivity index (χ2v) is 9.06. The summed E-state index contributed by atoms with van der Waals surface area (Å²) in [5, 5.41) is 15.9. The number of nitrogens with one attached hydrogen (secondary N) is 1. The van der Waals surface area contributed by atoms with Gasteiger partial charge in [-0.25, -0.2) is 5.06 Å². The van der Waals surface area contributed by atoms with Crippen molar-refractivity contribution in [3.63, 3.8) is 0 Å². The maximum absolute atomic E-state index is 13.3. The molecule has 2 aliphatic heterocycles. The fraction of sp³-hybridized carbons (Fsp3) is 0.421. The zero-order valence-corrected chi connectivity index (χ0v) is 22.0. The van der Waals surface area contributed by atoms with Crippen LogP contribution < -0.4 is 40.0 Å². The number of β-lactam (4-membered cyclic amide) rings is 1. The fourth-order valence-electron chi connectivity index (χ4n) is 3.44. The molecule has 1 fully saturated rings. The molecule has 0 spiro atoms. The number of thiophene rings is 1. The van der Waals surface area contributed by atoms with Crippen LogP contribution in [0.25, 0.3) is 0 Å². The van der Waals surface area contributed by atoms with Gasteiger partial charge in [0.1, 0.15) is 12.0 Å². The minimum Gasteiger partial charge on any atom is -0.543 e. The van der Waals surface area contributed by atoms with Crippen LogP contribution in [-0.2, 0) is 40.0 Å². The number of carbonyl (C=O) groups excluding carboxylic acids is 5. The summed E-state index contributed by atoms with van der Waals surface area (Å²) in [6.07, 6.45) is -0.0606. The van der Waals surface area contributed by atoms with Gasteiger partial charge in [-0.3, -0.25) is 28.9 Å². The van der Waals surface area contributed by atoms with Gasteiger partial charge in [-0.15, -0.1) is 23.1 Å². The average Bonchev–Trinajstić information content (AvgIpc) is 3.26. The number of hydroxylamine groups is 2. The summed E-state index contributed by atoms with van der Waals surface area (Å²) in [5.74, 6) is -4.61. The molecular weight excluding hydrogens is 485 g/mol. The molecule has 1 aromatic rings. The van der Waals surface area contributed by atoms with Crippen LogP contribution in [-0.4, -0.2) is 77.1 Å². The first-order chi connectivity index (χ1) is 15.1. The van der Waals surface area contributed by atoms with Crippen molar-refractivity contribution in [1.82, 2.24) is 15.3 Å². The Labute approximate surface area is 219 Å². The van der Waals surface area contributed by atoms with Gasteiger partial charge in [0.05, 0.1) is 25.2 Å². The van der Waals surface area contributed by atoms with E-state index in [1.165, 1.54) is 32.4 Å². The Morgan fingerprint density at radius 3 is 2.61 bits per heavy atom. The summed E-state index contributed by atoms with van der Waals surface area (Å²) in [6, 6.07) is 3.50. The van der Waals surface area contributed by atoms with E-state index in [9.17, 15) is 29.1 Å². The number of carboxylic acid groups (broad SMARTS) is 1. The van der Waals surface area contributed by atoms with E-state index in [2.05, 4.69) is 5.32 Å². The van der Waals surface area contributed by atoms with Gasteiger partial charge in [0, 0.05) is 30.2 Å². The van der Waals surface area contributed by atoms with E-state index in [1.54, 1.807) is 17.5 Å². The molecule has 1 saturated heterocycles. The molecule has 0 radical (unpaired) electrons. The van der Waals surface area contributed by atoms with Crippen LogP contribution in [0.1, 0.15) is 11.8 Å². The molecule has 3 amide bonds. The number of hydrogen-bond donors (Lipinski definition) is 1. The largest absolute Gasteiger partial charge is 1.00 e. The van der Waals surface area contributed by atoms with Gasteiger partial charge >= 0.3 is 35.5 Å². The molecule has 14 heteroatoms. The second-order valence-electron chi connectivity index (χ2n) is 6.96. The molecule has 33 heavy (non-hydrogen) atoms. The van der Waals surface area contributed by atoms with Crippen molar-refractivity contribution in [3.8, 4) is 0 Å². The molecule has 172 valence electrons. The molecule has 0 bridgehead atoms. The first-order valence-electron chi connectivity index (χ1n) is 9.31. The van der Waals surface area contributed by atoms with Crippen LogP contribution >= 0.6 is 23.1 Å². The van der Waals surface area contributed by atoms with Crippen molar-refractivity contribution in [1.29, 1.82) is 0 Å². The number of ether oxygens (including phenoxy) is 1. The molecular formula is C19H20N3NaO8S2. The molecule has 0 aliphatic carbocycles. The maximum Gasteiger partial charge on any atom is 1.00 e. The minimum atomic E-state index is -2.06. The Hall–Kier alpha value is -1.90. The predicted molar refractivity (Wildman–Crippen MR) is 110 cm³/mol. The number of thioether (sulfide) groups is 1. The first-order valence-corrected chi connectivity index (χ1v) is 11.2. The number of likely N-dealkylation sites (N-methyl/N-ethyl adjacent to an activating group) is 1. The number of amides is 3. The SMILES string of the molecule is CON(C)C(=O)[C@@]1(NC(=O)Cc2cccs2)C(=O)N2C(C(=O)[O-])=C(COC(C)=O)CS[C@@H]21.[Na+]. The van der Waals surface area contributed by atoms with Crippen molar-refractivity contribution in [2.45, 2.75) is 24.3 Å². The Balaban J connectivity index is 0.00000385. The number of rotatable bonds is 8.